The molecule has 0 heterocycles. The molecule has 0 bridgehead atoms. The largest absolute Gasteiger partial charge is 0.497 e. The van der Waals surface area contributed by atoms with Crippen LogP contribution in [-0.2, 0) is 4.79 Å². The van der Waals surface area contributed by atoms with Crippen molar-refractivity contribution in [1.82, 2.24) is 0 Å². The van der Waals surface area contributed by atoms with E-state index >= 15 is 0 Å². The third-order valence-corrected chi connectivity index (χ3v) is 4.83. The van der Waals surface area contributed by atoms with Crippen LogP contribution in [0.2, 0.25) is 0 Å². The maximum Gasteiger partial charge on any atom is 0.227 e. The molecule has 124 valence electrons. The lowest BCUT2D eigenvalue weighted by atomic mass is 10.1. The van der Waals surface area contributed by atoms with Crippen molar-refractivity contribution >= 4 is 29.1 Å². The Morgan fingerprint density at radius 1 is 1.17 bits per heavy atom. The van der Waals surface area contributed by atoms with Crippen LogP contribution in [0.3, 0.4) is 0 Å². The summed E-state index contributed by atoms with van der Waals surface area (Å²) in [6.07, 6.45) is 1.97. The van der Waals surface area contributed by atoms with Crippen LogP contribution >= 0.6 is 11.8 Å². The third kappa shape index (κ3) is 4.38. The highest BCUT2D eigenvalue weighted by atomic mass is 32.2. The van der Waals surface area contributed by atoms with E-state index < -0.39 is 0 Å². The number of carbonyl (C=O) groups is 2. The predicted octanol–water partition coefficient (Wildman–Crippen LogP) is 4.02. The number of ether oxygens (including phenoxy) is 1. The number of nitrogens with one attached hydrogen (secondary N) is 1. The first kappa shape index (κ1) is 16.6. The molecule has 2 aromatic rings. The molecule has 1 aliphatic carbocycles. The Kier molecular flexibility index (Phi) is 5.20. The molecule has 0 saturated heterocycles. The van der Waals surface area contributed by atoms with E-state index in [-0.39, 0.29) is 17.6 Å². The van der Waals surface area contributed by atoms with Crippen molar-refractivity contribution < 1.29 is 14.3 Å². The number of rotatable bonds is 7. The SMILES string of the molecule is COc1ccc(C(=O)CSc2cccc(NC(=O)C3CC3)c2)cc1. The first-order valence-corrected chi connectivity index (χ1v) is 8.85. The minimum atomic E-state index is 0.0649. The van der Waals surface area contributed by atoms with E-state index in [4.69, 9.17) is 4.74 Å². The van der Waals surface area contributed by atoms with Gasteiger partial charge in [-0.1, -0.05) is 6.07 Å². The Morgan fingerprint density at radius 3 is 2.58 bits per heavy atom. The molecule has 1 amide bonds. The molecule has 0 spiro atoms. The highest BCUT2D eigenvalue weighted by Gasteiger charge is 2.29. The van der Waals surface area contributed by atoms with Crippen molar-refractivity contribution in [2.75, 3.05) is 18.2 Å². The molecule has 1 fully saturated rings. The summed E-state index contributed by atoms with van der Waals surface area (Å²) in [4.78, 5) is 25.0. The fourth-order valence-corrected chi connectivity index (χ4v) is 3.11. The fourth-order valence-electron chi connectivity index (χ4n) is 2.26. The minimum Gasteiger partial charge on any atom is -0.497 e. The summed E-state index contributed by atoms with van der Waals surface area (Å²) in [5, 5.41) is 2.93. The van der Waals surface area contributed by atoms with Crippen LogP contribution < -0.4 is 10.1 Å². The van der Waals surface area contributed by atoms with Gasteiger partial charge >= 0.3 is 0 Å². The van der Waals surface area contributed by atoms with Crippen molar-refractivity contribution in [2.24, 2.45) is 5.92 Å². The van der Waals surface area contributed by atoms with E-state index in [1.807, 2.05) is 24.3 Å². The summed E-state index contributed by atoms with van der Waals surface area (Å²) in [5.74, 6) is 1.42. The molecular weight excluding hydrogens is 322 g/mol. The maximum absolute atomic E-state index is 12.2. The standard InChI is InChI=1S/C19H19NO3S/c1-23-16-9-7-13(8-10-16)18(21)12-24-17-4-2-3-15(11-17)20-19(22)14-5-6-14/h2-4,7-11,14H,5-6,12H2,1H3,(H,20,22). The lowest BCUT2D eigenvalue weighted by molar-refractivity contribution is -0.117. The van der Waals surface area contributed by atoms with E-state index in [1.165, 1.54) is 11.8 Å². The maximum atomic E-state index is 12.2. The molecule has 1 saturated carbocycles. The van der Waals surface area contributed by atoms with Crippen molar-refractivity contribution in [1.29, 1.82) is 0 Å². The van der Waals surface area contributed by atoms with Crippen LogP contribution in [0.1, 0.15) is 23.2 Å². The van der Waals surface area contributed by atoms with E-state index in [2.05, 4.69) is 5.32 Å². The van der Waals surface area contributed by atoms with Crippen LogP contribution in [0.5, 0.6) is 5.75 Å². The first-order valence-electron chi connectivity index (χ1n) is 7.86. The number of methoxy groups -OCH3 is 1. The van der Waals surface area contributed by atoms with Gasteiger partial charge in [0.15, 0.2) is 5.78 Å². The zero-order valence-corrected chi connectivity index (χ0v) is 14.3. The molecule has 0 atom stereocenters. The van der Waals surface area contributed by atoms with Crippen LogP contribution in [0.25, 0.3) is 0 Å². The lowest BCUT2D eigenvalue weighted by Crippen LogP contribution is -2.13. The molecule has 0 radical (unpaired) electrons. The van der Waals surface area contributed by atoms with Gasteiger partial charge in [0.05, 0.1) is 12.9 Å². The number of thioether (sulfide) groups is 1. The Labute approximate surface area is 145 Å². The molecule has 0 aliphatic heterocycles. The van der Waals surface area contributed by atoms with Crippen molar-refractivity contribution in [3.05, 3.63) is 54.1 Å². The summed E-state index contributed by atoms with van der Waals surface area (Å²) < 4.78 is 5.09. The minimum absolute atomic E-state index is 0.0649. The Morgan fingerprint density at radius 2 is 1.92 bits per heavy atom. The number of anilines is 1. The van der Waals surface area contributed by atoms with Crippen LogP contribution in [0.15, 0.2) is 53.4 Å². The average Bonchev–Trinajstić information content (AvgIpc) is 3.45. The van der Waals surface area contributed by atoms with Gasteiger partial charge in [0.2, 0.25) is 5.91 Å². The van der Waals surface area contributed by atoms with Crippen LogP contribution in [0, 0.1) is 5.92 Å². The fraction of sp³-hybridized carbons (Fsp3) is 0.263. The monoisotopic (exact) mass is 341 g/mol. The van der Waals surface area contributed by atoms with Gasteiger partial charge in [-0.15, -0.1) is 11.8 Å². The average molecular weight is 341 g/mol. The topological polar surface area (TPSA) is 55.4 Å². The Bertz CT molecular complexity index is 739. The summed E-state index contributed by atoms with van der Waals surface area (Å²) in [6.45, 7) is 0. The van der Waals surface area contributed by atoms with Crippen molar-refractivity contribution in [3.63, 3.8) is 0 Å². The van der Waals surface area contributed by atoms with Crippen LogP contribution in [0.4, 0.5) is 5.69 Å². The van der Waals surface area contributed by atoms with Crippen molar-refractivity contribution in [2.45, 2.75) is 17.7 Å². The molecule has 0 unspecified atom stereocenters. The molecule has 5 heteroatoms. The van der Waals surface area contributed by atoms with Gasteiger partial charge in [-0.05, 0) is 55.3 Å². The number of Topliss-reactive ketones (excluding diaryl/α,β-unsaturated/α-hetero) is 1. The second-order valence-corrected chi connectivity index (χ2v) is 6.78. The summed E-state index contributed by atoms with van der Waals surface area (Å²) >= 11 is 1.47. The highest BCUT2D eigenvalue weighted by molar-refractivity contribution is 8.00. The van der Waals surface area contributed by atoms with E-state index in [0.717, 1.165) is 29.2 Å². The molecule has 0 aromatic heterocycles. The van der Waals surface area contributed by atoms with Gasteiger partial charge in [0.1, 0.15) is 5.75 Å². The lowest BCUT2D eigenvalue weighted by Gasteiger charge is -2.07. The van der Waals surface area contributed by atoms with Gasteiger partial charge in [-0.3, -0.25) is 9.59 Å². The zero-order chi connectivity index (χ0) is 16.9. The Hall–Kier alpha value is -2.27. The Balaban J connectivity index is 1.57. The quantitative estimate of drug-likeness (QED) is 0.610. The molecule has 1 N–H and O–H groups in total. The molecule has 3 rings (SSSR count). The van der Waals surface area contributed by atoms with Gasteiger partial charge < -0.3 is 10.1 Å². The summed E-state index contributed by atoms with van der Waals surface area (Å²) in [6, 6.07) is 14.7. The van der Waals surface area contributed by atoms with Gasteiger partial charge in [-0.2, -0.15) is 0 Å². The van der Waals surface area contributed by atoms with Gasteiger partial charge in [0, 0.05) is 22.1 Å². The molecule has 1 aliphatic rings. The number of amides is 1. The molecule has 2 aromatic carbocycles. The van der Waals surface area contributed by atoms with Gasteiger partial charge in [-0.25, -0.2) is 0 Å². The predicted molar refractivity (Wildman–Crippen MR) is 95.8 cm³/mol. The van der Waals surface area contributed by atoms with E-state index in [9.17, 15) is 9.59 Å². The molecule has 24 heavy (non-hydrogen) atoms. The van der Waals surface area contributed by atoms with Crippen LogP contribution in [-0.4, -0.2) is 24.6 Å². The number of hydrogen-bond donors (Lipinski definition) is 1. The number of carbonyl (C=O) groups excluding carboxylic acids is 2. The third-order valence-electron chi connectivity index (χ3n) is 3.83. The smallest absolute Gasteiger partial charge is 0.227 e. The second-order valence-electron chi connectivity index (χ2n) is 5.73. The van der Waals surface area contributed by atoms with Gasteiger partial charge in [0.25, 0.3) is 0 Å². The zero-order valence-electron chi connectivity index (χ0n) is 13.5. The van der Waals surface area contributed by atoms with E-state index in [1.54, 1.807) is 31.4 Å². The molecule has 4 nitrogen and oxygen atoms in total. The normalized spacial score (nSPS) is 13.4. The molecular formula is C19H19NO3S. The number of hydrogen-bond acceptors (Lipinski definition) is 4. The first-order chi connectivity index (χ1) is 11.7. The van der Waals surface area contributed by atoms with E-state index in [0.29, 0.717) is 11.3 Å². The highest BCUT2D eigenvalue weighted by Crippen LogP contribution is 2.31. The summed E-state index contributed by atoms with van der Waals surface area (Å²) in [5.41, 5.74) is 1.45. The second kappa shape index (κ2) is 7.53. The van der Waals surface area contributed by atoms with Crippen molar-refractivity contribution in [3.8, 4) is 5.75 Å². The number of benzene rings is 2. The summed E-state index contributed by atoms with van der Waals surface area (Å²) in [7, 11) is 1.60. The number of ketones is 1.